The van der Waals surface area contributed by atoms with E-state index in [2.05, 4.69) is 5.32 Å². The van der Waals surface area contributed by atoms with Crippen molar-refractivity contribution in [3.63, 3.8) is 0 Å². The van der Waals surface area contributed by atoms with Gasteiger partial charge >= 0.3 is 0 Å². The van der Waals surface area contributed by atoms with Crippen LogP contribution in [0.25, 0.3) is 0 Å². The molecule has 0 bridgehead atoms. The second-order valence-corrected chi connectivity index (χ2v) is 5.18. The van der Waals surface area contributed by atoms with E-state index < -0.39 is 0 Å². The van der Waals surface area contributed by atoms with Gasteiger partial charge in [0.05, 0.1) is 19.8 Å². The van der Waals surface area contributed by atoms with E-state index in [-0.39, 0.29) is 12.6 Å². The van der Waals surface area contributed by atoms with Gasteiger partial charge in [0.15, 0.2) is 0 Å². The lowest BCUT2D eigenvalue weighted by atomic mass is 10.1. The monoisotopic (exact) mass is 311 g/mol. The van der Waals surface area contributed by atoms with E-state index in [4.69, 9.17) is 27.9 Å². The molecule has 106 valence electrons. The van der Waals surface area contributed by atoms with Crippen molar-refractivity contribution in [2.24, 2.45) is 0 Å². The van der Waals surface area contributed by atoms with Gasteiger partial charge in [-0.15, -0.1) is 0 Å². The SMILES string of the molecule is COc1ccc(NC(CO)c2cc(Cl)cc(Cl)c2)cc1. The molecule has 0 aliphatic rings. The molecule has 2 rings (SSSR count). The number of aliphatic hydroxyl groups excluding tert-OH is 1. The number of hydrogen-bond donors (Lipinski definition) is 2. The van der Waals surface area contributed by atoms with E-state index >= 15 is 0 Å². The summed E-state index contributed by atoms with van der Waals surface area (Å²) in [5.41, 5.74) is 1.71. The van der Waals surface area contributed by atoms with Crippen molar-refractivity contribution >= 4 is 28.9 Å². The predicted octanol–water partition coefficient (Wildman–Crippen LogP) is 4.15. The summed E-state index contributed by atoms with van der Waals surface area (Å²) in [6.45, 7) is -0.0668. The molecule has 0 amide bonds. The Balaban J connectivity index is 2.19. The molecule has 1 atom stereocenters. The Morgan fingerprint density at radius 1 is 1.10 bits per heavy atom. The van der Waals surface area contributed by atoms with Crippen molar-refractivity contribution in [1.82, 2.24) is 0 Å². The van der Waals surface area contributed by atoms with E-state index in [0.717, 1.165) is 17.0 Å². The van der Waals surface area contributed by atoms with Crippen LogP contribution in [0, 0.1) is 0 Å². The van der Waals surface area contributed by atoms with Crippen molar-refractivity contribution in [2.75, 3.05) is 19.0 Å². The topological polar surface area (TPSA) is 41.5 Å². The molecule has 0 aliphatic carbocycles. The summed E-state index contributed by atoms with van der Waals surface area (Å²) in [6.07, 6.45) is 0. The van der Waals surface area contributed by atoms with E-state index in [1.807, 2.05) is 24.3 Å². The first kappa shape index (κ1) is 15.0. The van der Waals surface area contributed by atoms with Gasteiger partial charge in [0.2, 0.25) is 0 Å². The lowest BCUT2D eigenvalue weighted by Gasteiger charge is -2.19. The summed E-state index contributed by atoms with van der Waals surface area (Å²) >= 11 is 12.0. The molecular weight excluding hydrogens is 297 g/mol. The van der Waals surface area contributed by atoms with Crippen molar-refractivity contribution in [3.05, 3.63) is 58.1 Å². The molecule has 2 aromatic rings. The first-order valence-electron chi connectivity index (χ1n) is 6.10. The molecule has 0 spiro atoms. The van der Waals surface area contributed by atoms with E-state index in [9.17, 15) is 5.11 Å². The second-order valence-electron chi connectivity index (χ2n) is 4.31. The minimum absolute atomic E-state index is 0.0668. The summed E-state index contributed by atoms with van der Waals surface area (Å²) in [6, 6.07) is 12.4. The summed E-state index contributed by atoms with van der Waals surface area (Å²) < 4.78 is 5.10. The third kappa shape index (κ3) is 3.79. The Labute approximate surface area is 128 Å². The molecule has 0 heterocycles. The number of methoxy groups -OCH3 is 1. The largest absolute Gasteiger partial charge is 0.497 e. The molecule has 0 fully saturated rings. The Morgan fingerprint density at radius 3 is 2.20 bits per heavy atom. The summed E-state index contributed by atoms with van der Waals surface area (Å²) in [7, 11) is 1.62. The number of hydrogen-bond acceptors (Lipinski definition) is 3. The van der Waals surface area contributed by atoms with Crippen LogP contribution in [-0.4, -0.2) is 18.8 Å². The molecule has 20 heavy (non-hydrogen) atoms. The molecule has 0 saturated heterocycles. The van der Waals surface area contributed by atoms with Gasteiger partial charge in [-0.3, -0.25) is 0 Å². The highest BCUT2D eigenvalue weighted by Crippen LogP contribution is 2.26. The molecule has 1 unspecified atom stereocenters. The molecular formula is C15H15Cl2NO2. The fourth-order valence-corrected chi connectivity index (χ4v) is 2.44. The highest BCUT2D eigenvalue weighted by molar-refractivity contribution is 6.34. The molecule has 0 saturated carbocycles. The number of rotatable bonds is 5. The van der Waals surface area contributed by atoms with Crippen LogP contribution in [0.4, 0.5) is 5.69 Å². The lowest BCUT2D eigenvalue weighted by molar-refractivity contribution is 0.276. The minimum atomic E-state index is -0.278. The number of nitrogens with one attached hydrogen (secondary N) is 1. The zero-order valence-electron chi connectivity index (χ0n) is 10.9. The zero-order valence-corrected chi connectivity index (χ0v) is 12.4. The van der Waals surface area contributed by atoms with Crippen LogP contribution >= 0.6 is 23.2 Å². The normalized spacial score (nSPS) is 12.0. The zero-order chi connectivity index (χ0) is 14.5. The van der Waals surface area contributed by atoms with Gasteiger partial charge in [0, 0.05) is 15.7 Å². The number of ether oxygens (including phenoxy) is 1. The van der Waals surface area contributed by atoms with Gasteiger partial charge < -0.3 is 15.2 Å². The maximum atomic E-state index is 9.55. The Morgan fingerprint density at radius 2 is 1.70 bits per heavy atom. The van der Waals surface area contributed by atoms with Gasteiger partial charge in [-0.2, -0.15) is 0 Å². The third-order valence-corrected chi connectivity index (χ3v) is 3.34. The molecule has 3 nitrogen and oxygen atoms in total. The fraction of sp³-hybridized carbons (Fsp3) is 0.200. The van der Waals surface area contributed by atoms with Gasteiger partial charge in [-0.05, 0) is 48.0 Å². The molecule has 0 radical (unpaired) electrons. The third-order valence-electron chi connectivity index (χ3n) is 2.90. The van der Waals surface area contributed by atoms with Crippen LogP contribution in [-0.2, 0) is 0 Å². The maximum absolute atomic E-state index is 9.55. The quantitative estimate of drug-likeness (QED) is 0.871. The molecule has 0 aromatic heterocycles. The number of benzene rings is 2. The molecule has 2 aromatic carbocycles. The maximum Gasteiger partial charge on any atom is 0.119 e. The van der Waals surface area contributed by atoms with Crippen LogP contribution in [0.3, 0.4) is 0 Å². The van der Waals surface area contributed by atoms with Crippen molar-refractivity contribution in [3.8, 4) is 5.75 Å². The minimum Gasteiger partial charge on any atom is -0.497 e. The Kier molecular flexibility index (Phi) is 5.12. The standard InChI is InChI=1S/C15H15Cl2NO2/c1-20-14-4-2-13(3-5-14)18-15(9-19)10-6-11(16)8-12(17)7-10/h2-8,15,18-19H,9H2,1H3. The summed E-state index contributed by atoms with van der Waals surface area (Å²) in [5, 5.41) is 13.9. The fourth-order valence-electron chi connectivity index (χ4n) is 1.90. The second kappa shape index (κ2) is 6.84. The average molecular weight is 312 g/mol. The van der Waals surface area contributed by atoms with Crippen LogP contribution in [0.5, 0.6) is 5.75 Å². The first-order chi connectivity index (χ1) is 9.62. The molecule has 5 heteroatoms. The van der Waals surface area contributed by atoms with Crippen LogP contribution < -0.4 is 10.1 Å². The van der Waals surface area contributed by atoms with E-state index in [0.29, 0.717) is 10.0 Å². The van der Waals surface area contributed by atoms with Crippen molar-refractivity contribution < 1.29 is 9.84 Å². The Hall–Kier alpha value is -1.42. The lowest BCUT2D eigenvalue weighted by Crippen LogP contribution is -2.14. The Bertz CT molecular complexity index is 552. The van der Waals surface area contributed by atoms with Crippen LogP contribution in [0.2, 0.25) is 10.0 Å². The van der Waals surface area contributed by atoms with Crippen molar-refractivity contribution in [2.45, 2.75) is 6.04 Å². The van der Waals surface area contributed by atoms with Gasteiger partial charge in [-0.25, -0.2) is 0 Å². The number of anilines is 1. The molecule has 2 N–H and O–H groups in total. The average Bonchev–Trinajstić information content (AvgIpc) is 2.44. The summed E-state index contributed by atoms with van der Waals surface area (Å²) in [5.74, 6) is 0.780. The number of halogens is 2. The van der Waals surface area contributed by atoms with E-state index in [1.54, 1.807) is 25.3 Å². The van der Waals surface area contributed by atoms with Gasteiger partial charge in [0.1, 0.15) is 5.75 Å². The van der Waals surface area contributed by atoms with Crippen LogP contribution in [0.15, 0.2) is 42.5 Å². The highest BCUT2D eigenvalue weighted by Gasteiger charge is 2.12. The number of aliphatic hydroxyl groups is 1. The van der Waals surface area contributed by atoms with Crippen LogP contribution in [0.1, 0.15) is 11.6 Å². The predicted molar refractivity (Wildman–Crippen MR) is 82.9 cm³/mol. The van der Waals surface area contributed by atoms with Gasteiger partial charge in [-0.1, -0.05) is 23.2 Å². The summed E-state index contributed by atoms with van der Waals surface area (Å²) in [4.78, 5) is 0. The first-order valence-corrected chi connectivity index (χ1v) is 6.85. The van der Waals surface area contributed by atoms with Crippen molar-refractivity contribution in [1.29, 1.82) is 0 Å². The van der Waals surface area contributed by atoms with Gasteiger partial charge in [0.25, 0.3) is 0 Å². The smallest absolute Gasteiger partial charge is 0.119 e. The molecule has 0 aliphatic heterocycles. The highest BCUT2D eigenvalue weighted by atomic mass is 35.5. The van der Waals surface area contributed by atoms with E-state index in [1.165, 1.54) is 0 Å².